The van der Waals surface area contributed by atoms with E-state index in [1.54, 1.807) is 30.3 Å². The molecule has 1 aliphatic rings. The van der Waals surface area contributed by atoms with Crippen molar-refractivity contribution in [3.8, 4) is 0 Å². The zero-order valence-corrected chi connectivity index (χ0v) is 17.3. The van der Waals surface area contributed by atoms with Crippen molar-refractivity contribution in [2.24, 2.45) is 10.9 Å². The van der Waals surface area contributed by atoms with Crippen molar-refractivity contribution in [1.82, 2.24) is 20.4 Å². The second kappa shape index (κ2) is 10.5. The predicted octanol–water partition coefficient (Wildman–Crippen LogP) is 1.99. The van der Waals surface area contributed by atoms with E-state index in [9.17, 15) is 4.79 Å². The maximum Gasteiger partial charge on any atom is 0.243 e. The smallest absolute Gasteiger partial charge is 0.243 e. The quantitative estimate of drug-likeness (QED) is 0.536. The number of likely N-dealkylation sites (N-methyl/N-ethyl adjacent to an activating group) is 1. The molecule has 2 N–H and O–H groups in total. The van der Waals surface area contributed by atoms with Crippen LogP contribution in [0.15, 0.2) is 22.5 Å². The fourth-order valence-electron chi connectivity index (χ4n) is 3.10. The topological polar surface area (TPSA) is 60.0 Å². The van der Waals surface area contributed by atoms with E-state index in [1.807, 2.05) is 6.07 Å². The Bertz CT molecular complexity index is 570. The number of aliphatic imine (C=N–C) groups is 1. The van der Waals surface area contributed by atoms with Gasteiger partial charge in [-0.2, -0.15) is 0 Å². The first-order chi connectivity index (χ1) is 12.5. The van der Waals surface area contributed by atoms with Crippen LogP contribution >= 0.6 is 11.3 Å². The van der Waals surface area contributed by atoms with Crippen LogP contribution in [-0.4, -0.2) is 68.0 Å². The summed E-state index contributed by atoms with van der Waals surface area (Å²) in [6.45, 7) is 8.60. The van der Waals surface area contributed by atoms with Crippen LogP contribution in [0.25, 0.3) is 0 Å². The first kappa shape index (κ1) is 20.7. The number of hydrogen-bond donors (Lipinski definition) is 2. The van der Waals surface area contributed by atoms with Crippen molar-refractivity contribution in [3.05, 3.63) is 22.4 Å². The number of likely N-dealkylation sites (tertiary alicyclic amines) is 1. The lowest BCUT2D eigenvalue weighted by Gasteiger charge is -2.27. The van der Waals surface area contributed by atoms with Crippen LogP contribution in [0.4, 0.5) is 0 Å². The molecule has 1 fully saturated rings. The largest absolute Gasteiger partial charge is 0.355 e. The van der Waals surface area contributed by atoms with Gasteiger partial charge in [0.05, 0.1) is 6.54 Å². The van der Waals surface area contributed by atoms with Crippen molar-refractivity contribution in [2.45, 2.75) is 39.3 Å². The zero-order valence-electron chi connectivity index (χ0n) is 16.5. The van der Waals surface area contributed by atoms with Gasteiger partial charge in [0.15, 0.2) is 5.96 Å². The van der Waals surface area contributed by atoms with Crippen molar-refractivity contribution >= 4 is 23.2 Å². The maximum absolute atomic E-state index is 11.9. The number of carbonyl (C=O) groups is 1. The van der Waals surface area contributed by atoms with Crippen LogP contribution in [0.3, 0.4) is 0 Å². The van der Waals surface area contributed by atoms with E-state index < -0.39 is 0 Å². The first-order valence-corrected chi connectivity index (χ1v) is 10.3. The molecule has 1 aromatic heterocycles. The van der Waals surface area contributed by atoms with Gasteiger partial charge in [0.1, 0.15) is 6.54 Å². The number of nitrogens with one attached hydrogen (secondary N) is 2. The molecule has 0 unspecified atom stereocenters. The third-order valence-electron chi connectivity index (χ3n) is 4.49. The van der Waals surface area contributed by atoms with E-state index in [-0.39, 0.29) is 12.5 Å². The second-order valence-electron chi connectivity index (χ2n) is 7.45. The molecular weight excluding hydrogens is 346 g/mol. The van der Waals surface area contributed by atoms with Gasteiger partial charge in [0.25, 0.3) is 0 Å². The van der Waals surface area contributed by atoms with E-state index >= 15 is 0 Å². The van der Waals surface area contributed by atoms with Crippen LogP contribution in [0.2, 0.25) is 0 Å². The number of guanidine groups is 1. The number of carbonyl (C=O) groups excluding carboxylic acids is 1. The lowest BCUT2D eigenvalue weighted by molar-refractivity contribution is -0.127. The molecule has 146 valence electrons. The Hall–Kier alpha value is -1.60. The van der Waals surface area contributed by atoms with Gasteiger partial charge in [-0.1, -0.05) is 19.9 Å². The summed E-state index contributed by atoms with van der Waals surface area (Å²) in [4.78, 5) is 21.7. The number of amides is 1. The summed E-state index contributed by atoms with van der Waals surface area (Å²) >= 11 is 1.72. The third-order valence-corrected chi connectivity index (χ3v) is 5.36. The SMILES string of the molecule is CC(C)CN1CCC[C@@H]1CNC(=NCC(=O)N(C)C)NCc1cccs1. The molecule has 1 aromatic rings. The van der Waals surface area contributed by atoms with Gasteiger partial charge in [-0.05, 0) is 36.8 Å². The molecule has 0 aromatic carbocycles. The third kappa shape index (κ3) is 6.96. The lowest BCUT2D eigenvalue weighted by Crippen LogP contribution is -2.45. The summed E-state index contributed by atoms with van der Waals surface area (Å²) in [5, 5.41) is 8.88. The average molecular weight is 380 g/mol. The van der Waals surface area contributed by atoms with E-state index in [4.69, 9.17) is 0 Å². The molecule has 0 saturated carbocycles. The van der Waals surface area contributed by atoms with Crippen molar-refractivity contribution in [1.29, 1.82) is 0 Å². The Morgan fingerprint density at radius 1 is 1.42 bits per heavy atom. The second-order valence-corrected chi connectivity index (χ2v) is 8.48. The number of rotatable bonds is 8. The molecular formula is C19H33N5OS. The summed E-state index contributed by atoms with van der Waals surface area (Å²) in [6.07, 6.45) is 2.47. The van der Waals surface area contributed by atoms with Gasteiger partial charge in [0.2, 0.25) is 5.91 Å². The minimum atomic E-state index is 0.00419. The van der Waals surface area contributed by atoms with Gasteiger partial charge in [-0.15, -0.1) is 11.3 Å². The van der Waals surface area contributed by atoms with Gasteiger partial charge in [-0.3, -0.25) is 9.69 Å². The minimum absolute atomic E-state index is 0.00419. The van der Waals surface area contributed by atoms with E-state index in [2.05, 4.69) is 45.8 Å². The van der Waals surface area contributed by atoms with E-state index in [1.165, 1.54) is 24.3 Å². The molecule has 1 saturated heterocycles. The van der Waals surface area contributed by atoms with Gasteiger partial charge < -0.3 is 15.5 Å². The van der Waals surface area contributed by atoms with Crippen LogP contribution in [0, 0.1) is 5.92 Å². The highest BCUT2D eigenvalue weighted by Gasteiger charge is 2.24. The summed E-state index contributed by atoms with van der Waals surface area (Å²) in [7, 11) is 3.51. The van der Waals surface area contributed by atoms with Crippen molar-refractivity contribution in [2.75, 3.05) is 40.3 Å². The Balaban J connectivity index is 1.91. The van der Waals surface area contributed by atoms with Crippen LogP contribution < -0.4 is 10.6 Å². The standard InChI is InChI=1S/C19H33N5OS/c1-15(2)14-24-9-5-7-16(24)11-20-19(22-13-18(25)23(3)4)21-12-17-8-6-10-26-17/h6,8,10,15-16H,5,7,9,11-14H2,1-4H3,(H2,20,21,22)/t16-/m1/s1. The highest BCUT2D eigenvalue weighted by molar-refractivity contribution is 7.09. The van der Waals surface area contributed by atoms with Gasteiger partial charge in [0, 0.05) is 38.1 Å². The summed E-state index contributed by atoms with van der Waals surface area (Å²) < 4.78 is 0. The molecule has 7 heteroatoms. The molecule has 2 rings (SSSR count). The lowest BCUT2D eigenvalue weighted by atomic mass is 10.1. The summed E-state index contributed by atoms with van der Waals surface area (Å²) in [5.74, 6) is 1.40. The maximum atomic E-state index is 11.9. The Morgan fingerprint density at radius 2 is 2.23 bits per heavy atom. The van der Waals surface area contributed by atoms with Gasteiger partial charge in [-0.25, -0.2) is 4.99 Å². The molecule has 1 atom stereocenters. The van der Waals surface area contributed by atoms with Crippen LogP contribution in [-0.2, 0) is 11.3 Å². The summed E-state index contributed by atoms with van der Waals surface area (Å²) in [6, 6.07) is 4.68. The normalized spacial score (nSPS) is 18.3. The molecule has 1 aliphatic heterocycles. The molecule has 1 amide bonds. The molecule has 0 spiro atoms. The predicted molar refractivity (Wildman–Crippen MR) is 110 cm³/mol. The Morgan fingerprint density at radius 3 is 2.88 bits per heavy atom. The minimum Gasteiger partial charge on any atom is -0.355 e. The van der Waals surface area contributed by atoms with E-state index in [0.29, 0.717) is 17.9 Å². The molecule has 6 nitrogen and oxygen atoms in total. The first-order valence-electron chi connectivity index (χ1n) is 9.44. The monoisotopic (exact) mass is 379 g/mol. The highest BCUT2D eigenvalue weighted by Crippen LogP contribution is 2.17. The number of hydrogen-bond acceptors (Lipinski definition) is 4. The van der Waals surface area contributed by atoms with Crippen molar-refractivity contribution in [3.63, 3.8) is 0 Å². The number of nitrogens with zero attached hydrogens (tertiary/aromatic N) is 3. The molecule has 0 radical (unpaired) electrons. The van der Waals surface area contributed by atoms with Crippen LogP contribution in [0.5, 0.6) is 0 Å². The zero-order chi connectivity index (χ0) is 18.9. The average Bonchev–Trinajstić information content (AvgIpc) is 3.25. The van der Waals surface area contributed by atoms with Gasteiger partial charge >= 0.3 is 0 Å². The molecule has 26 heavy (non-hydrogen) atoms. The molecule has 2 heterocycles. The Kier molecular flexibility index (Phi) is 8.38. The summed E-state index contributed by atoms with van der Waals surface area (Å²) in [5.41, 5.74) is 0. The fraction of sp³-hybridized carbons (Fsp3) is 0.684. The van der Waals surface area contributed by atoms with Crippen molar-refractivity contribution < 1.29 is 4.79 Å². The van der Waals surface area contributed by atoms with E-state index in [0.717, 1.165) is 19.6 Å². The molecule has 0 aliphatic carbocycles. The highest BCUT2D eigenvalue weighted by atomic mass is 32.1. The Labute approximate surface area is 161 Å². The van der Waals surface area contributed by atoms with Crippen LogP contribution in [0.1, 0.15) is 31.6 Å². The fourth-order valence-corrected chi connectivity index (χ4v) is 3.74. The molecule has 0 bridgehead atoms. The number of thiophene rings is 1.